The van der Waals surface area contributed by atoms with Gasteiger partial charge in [0.1, 0.15) is 17.3 Å². The molecule has 0 spiro atoms. The molecule has 2 heterocycles. The molecule has 0 amide bonds. The molecule has 5 nitrogen and oxygen atoms in total. The molecule has 100 valence electrons. The van der Waals surface area contributed by atoms with Crippen molar-refractivity contribution >= 4 is 17.4 Å². The zero-order valence-electron chi connectivity index (χ0n) is 10.8. The summed E-state index contributed by atoms with van der Waals surface area (Å²) in [6, 6.07) is 0.341. The van der Waals surface area contributed by atoms with Crippen molar-refractivity contribution in [1.29, 1.82) is 0 Å². The first kappa shape index (κ1) is 13.5. The van der Waals surface area contributed by atoms with E-state index in [-0.39, 0.29) is 6.61 Å². The minimum absolute atomic E-state index is 0.131. The van der Waals surface area contributed by atoms with E-state index >= 15 is 0 Å². The van der Waals surface area contributed by atoms with E-state index in [1.165, 1.54) is 6.33 Å². The van der Waals surface area contributed by atoms with Crippen molar-refractivity contribution in [2.75, 3.05) is 31.6 Å². The van der Waals surface area contributed by atoms with Gasteiger partial charge in [0.25, 0.3) is 0 Å². The van der Waals surface area contributed by atoms with Crippen molar-refractivity contribution in [1.82, 2.24) is 14.9 Å². The third kappa shape index (κ3) is 2.74. The number of halogens is 1. The summed E-state index contributed by atoms with van der Waals surface area (Å²) in [5.74, 6) is 0.764. The summed E-state index contributed by atoms with van der Waals surface area (Å²) in [6.07, 6.45) is 2.53. The first-order valence-electron chi connectivity index (χ1n) is 6.19. The van der Waals surface area contributed by atoms with Crippen LogP contribution in [0.3, 0.4) is 0 Å². The highest BCUT2D eigenvalue weighted by Gasteiger charge is 2.23. The van der Waals surface area contributed by atoms with E-state index in [0.717, 1.165) is 31.9 Å². The van der Waals surface area contributed by atoms with Crippen molar-refractivity contribution in [2.45, 2.75) is 26.0 Å². The molecular weight excluding hydrogens is 252 g/mol. The predicted octanol–water partition coefficient (Wildman–Crippen LogP) is 1.15. The average molecular weight is 271 g/mol. The maximum Gasteiger partial charge on any atom is 0.140 e. The summed E-state index contributed by atoms with van der Waals surface area (Å²) in [4.78, 5) is 12.8. The van der Waals surface area contributed by atoms with Crippen LogP contribution in [0.2, 0.25) is 5.15 Å². The van der Waals surface area contributed by atoms with E-state index in [0.29, 0.717) is 16.8 Å². The van der Waals surface area contributed by atoms with Crippen LogP contribution >= 0.6 is 11.6 Å². The summed E-state index contributed by atoms with van der Waals surface area (Å²) in [7, 11) is 2.12. The van der Waals surface area contributed by atoms with Crippen LogP contribution in [-0.2, 0) is 6.61 Å². The molecule has 1 unspecified atom stereocenters. The smallest absolute Gasteiger partial charge is 0.140 e. The monoisotopic (exact) mass is 270 g/mol. The lowest BCUT2D eigenvalue weighted by Crippen LogP contribution is -2.39. The van der Waals surface area contributed by atoms with Crippen LogP contribution in [-0.4, -0.2) is 52.7 Å². The van der Waals surface area contributed by atoms with Gasteiger partial charge in [-0.15, -0.1) is 0 Å². The fourth-order valence-corrected chi connectivity index (χ4v) is 2.64. The second-order valence-electron chi connectivity index (χ2n) is 4.78. The zero-order valence-corrected chi connectivity index (χ0v) is 11.6. The van der Waals surface area contributed by atoms with E-state index in [1.807, 2.05) is 0 Å². The van der Waals surface area contributed by atoms with Gasteiger partial charge in [0.15, 0.2) is 0 Å². The van der Waals surface area contributed by atoms with Crippen molar-refractivity contribution in [3.63, 3.8) is 0 Å². The molecule has 0 aliphatic carbocycles. The number of aliphatic hydroxyl groups excluding tert-OH is 1. The average Bonchev–Trinajstić information content (AvgIpc) is 2.49. The molecule has 0 bridgehead atoms. The number of likely N-dealkylation sites (N-methyl/N-ethyl adjacent to an activating group) is 1. The Hall–Kier alpha value is -0.910. The van der Waals surface area contributed by atoms with Crippen molar-refractivity contribution in [2.24, 2.45) is 0 Å². The van der Waals surface area contributed by atoms with Crippen LogP contribution in [0.25, 0.3) is 0 Å². The molecule has 1 aromatic rings. The van der Waals surface area contributed by atoms with E-state index in [2.05, 4.69) is 33.7 Å². The highest BCUT2D eigenvalue weighted by Crippen LogP contribution is 2.26. The first-order chi connectivity index (χ1) is 8.63. The lowest BCUT2D eigenvalue weighted by atomic mass is 10.2. The fraction of sp³-hybridized carbons (Fsp3) is 0.667. The summed E-state index contributed by atoms with van der Waals surface area (Å²) in [5.41, 5.74) is 0.621. The van der Waals surface area contributed by atoms with Gasteiger partial charge in [-0.05, 0) is 26.9 Å². The molecule has 1 saturated heterocycles. The van der Waals surface area contributed by atoms with Crippen LogP contribution in [0.1, 0.15) is 18.9 Å². The number of hydrogen-bond donors (Lipinski definition) is 1. The second-order valence-corrected chi connectivity index (χ2v) is 5.14. The van der Waals surface area contributed by atoms with E-state index < -0.39 is 0 Å². The van der Waals surface area contributed by atoms with Crippen molar-refractivity contribution in [3.8, 4) is 0 Å². The molecule has 1 aliphatic rings. The van der Waals surface area contributed by atoms with Gasteiger partial charge in [-0.3, -0.25) is 0 Å². The van der Waals surface area contributed by atoms with Gasteiger partial charge in [0, 0.05) is 19.1 Å². The minimum atomic E-state index is -0.131. The molecule has 1 atom stereocenters. The summed E-state index contributed by atoms with van der Waals surface area (Å²) in [5, 5.41) is 9.78. The summed E-state index contributed by atoms with van der Waals surface area (Å²) in [6.45, 7) is 5.01. The van der Waals surface area contributed by atoms with Gasteiger partial charge in [-0.25, -0.2) is 9.97 Å². The van der Waals surface area contributed by atoms with E-state index in [4.69, 9.17) is 11.6 Å². The van der Waals surface area contributed by atoms with Crippen LogP contribution in [0.4, 0.5) is 5.82 Å². The number of rotatable bonds is 2. The fourth-order valence-electron chi connectivity index (χ4n) is 2.45. The van der Waals surface area contributed by atoms with Crippen molar-refractivity contribution < 1.29 is 5.11 Å². The molecule has 1 aromatic heterocycles. The molecule has 0 aromatic carbocycles. The lowest BCUT2D eigenvalue weighted by Gasteiger charge is -2.30. The highest BCUT2D eigenvalue weighted by atomic mass is 35.5. The third-order valence-corrected chi connectivity index (χ3v) is 3.67. The Labute approximate surface area is 112 Å². The Morgan fingerprint density at radius 2 is 2.22 bits per heavy atom. The normalized spacial score (nSPS) is 22.0. The Kier molecular flexibility index (Phi) is 4.37. The highest BCUT2D eigenvalue weighted by molar-refractivity contribution is 6.30. The van der Waals surface area contributed by atoms with Crippen LogP contribution in [0.5, 0.6) is 0 Å². The maximum atomic E-state index is 9.44. The number of anilines is 1. The predicted molar refractivity (Wildman–Crippen MR) is 71.9 cm³/mol. The minimum Gasteiger partial charge on any atom is -0.391 e. The lowest BCUT2D eigenvalue weighted by molar-refractivity contribution is 0.280. The van der Waals surface area contributed by atoms with Gasteiger partial charge < -0.3 is 14.9 Å². The molecule has 1 fully saturated rings. The topological polar surface area (TPSA) is 52.5 Å². The number of aromatic nitrogens is 2. The van der Waals surface area contributed by atoms with Gasteiger partial charge >= 0.3 is 0 Å². The zero-order chi connectivity index (χ0) is 13.1. The summed E-state index contributed by atoms with van der Waals surface area (Å²) >= 11 is 6.02. The van der Waals surface area contributed by atoms with Gasteiger partial charge in [-0.2, -0.15) is 0 Å². The second kappa shape index (κ2) is 5.82. The molecule has 0 radical (unpaired) electrons. The Balaban J connectivity index is 2.32. The largest absolute Gasteiger partial charge is 0.391 e. The Morgan fingerprint density at radius 3 is 2.94 bits per heavy atom. The van der Waals surface area contributed by atoms with Crippen molar-refractivity contribution in [3.05, 3.63) is 17.0 Å². The molecule has 0 saturated carbocycles. The Bertz CT molecular complexity index is 415. The molecule has 1 aliphatic heterocycles. The number of nitrogens with zero attached hydrogens (tertiary/aromatic N) is 4. The van der Waals surface area contributed by atoms with Gasteiger partial charge in [0.05, 0.1) is 12.2 Å². The quantitative estimate of drug-likeness (QED) is 0.817. The van der Waals surface area contributed by atoms with Gasteiger partial charge in [-0.1, -0.05) is 11.6 Å². The van der Waals surface area contributed by atoms with Crippen LogP contribution in [0, 0.1) is 0 Å². The molecule has 6 heteroatoms. The van der Waals surface area contributed by atoms with Crippen LogP contribution < -0.4 is 4.90 Å². The standard InChI is InChI=1S/C12H19ClN4O/c1-9-6-16(2)4-3-5-17(9)12-10(7-18)11(13)14-8-15-12/h8-9,18H,3-7H2,1-2H3. The summed E-state index contributed by atoms with van der Waals surface area (Å²) < 4.78 is 0. The number of hydrogen-bond acceptors (Lipinski definition) is 5. The molecule has 2 rings (SSSR count). The first-order valence-corrected chi connectivity index (χ1v) is 6.56. The van der Waals surface area contributed by atoms with Gasteiger partial charge in [0.2, 0.25) is 0 Å². The van der Waals surface area contributed by atoms with E-state index in [1.54, 1.807) is 0 Å². The number of aliphatic hydroxyl groups is 1. The molecular formula is C12H19ClN4O. The third-order valence-electron chi connectivity index (χ3n) is 3.35. The molecule has 18 heavy (non-hydrogen) atoms. The SMILES string of the molecule is CC1CN(C)CCCN1c1ncnc(Cl)c1CO. The molecule has 1 N–H and O–H groups in total. The van der Waals surface area contributed by atoms with E-state index in [9.17, 15) is 5.11 Å². The Morgan fingerprint density at radius 1 is 1.44 bits per heavy atom. The maximum absolute atomic E-state index is 9.44. The van der Waals surface area contributed by atoms with Crippen LogP contribution in [0.15, 0.2) is 6.33 Å².